The van der Waals surface area contributed by atoms with E-state index in [1.165, 1.54) is 5.56 Å². The average Bonchev–Trinajstić information content (AvgIpc) is 3.04. The number of carbonyl (C=O) groups is 1. The highest BCUT2D eigenvalue weighted by atomic mass is 35.5. The molecule has 3 rings (SSSR count). The van der Waals surface area contributed by atoms with E-state index in [4.69, 9.17) is 16.3 Å². The molecule has 0 aromatic heterocycles. The van der Waals surface area contributed by atoms with E-state index in [1.54, 1.807) is 24.3 Å². The molecule has 2 aromatic rings. The molecule has 1 atom stereocenters. The minimum Gasteiger partial charge on any atom is -0.493 e. The fourth-order valence-corrected chi connectivity index (χ4v) is 2.82. The number of urea groups is 1. The maximum absolute atomic E-state index is 12.1. The molecule has 5 nitrogen and oxygen atoms in total. The highest BCUT2D eigenvalue weighted by molar-refractivity contribution is 6.30. The number of carbonyl (C=O) groups excluding carboxylic acids is 1. The summed E-state index contributed by atoms with van der Waals surface area (Å²) in [7, 11) is 0. The zero-order chi connectivity index (χ0) is 16.9. The number of ether oxygens (including phenoxy) is 1. The molecule has 1 unspecified atom stereocenters. The topological polar surface area (TPSA) is 70.6 Å². The Morgan fingerprint density at radius 1 is 1.25 bits per heavy atom. The van der Waals surface area contributed by atoms with Gasteiger partial charge in [0.1, 0.15) is 5.75 Å². The van der Waals surface area contributed by atoms with Crippen LogP contribution in [0.5, 0.6) is 5.75 Å². The molecule has 0 aliphatic carbocycles. The van der Waals surface area contributed by atoms with Crippen LogP contribution in [-0.2, 0) is 12.8 Å². The van der Waals surface area contributed by atoms with Gasteiger partial charge in [-0.25, -0.2) is 4.79 Å². The third-order valence-electron chi connectivity index (χ3n) is 3.89. The van der Waals surface area contributed by atoms with Crippen LogP contribution < -0.4 is 15.4 Å². The molecule has 3 N–H and O–H groups in total. The summed E-state index contributed by atoms with van der Waals surface area (Å²) in [5, 5.41) is 15.7. The SMILES string of the molecule is O=C(Nc1ccc(Cl)cc1)NC(CO)Cc1ccc2c(c1)CCO2. The number of aliphatic hydroxyl groups is 1. The first kappa shape index (κ1) is 16.6. The van der Waals surface area contributed by atoms with Crippen LogP contribution in [0.3, 0.4) is 0 Å². The summed E-state index contributed by atoms with van der Waals surface area (Å²) in [6, 6.07) is 12.1. The Balaban J connectivity index is 1.57. The molecule has 2 aromatic carbocycles. The zero-order valence-electron chi connectivity index (χ0n) is 13.1. The van der Waals surface area contributed by atoms with Gasteiger partial charge in [0.15, 0.2) is 0 Å². The highest BCUT2D eigenvalue weighted by Gasteiger charge is 2.16. The van der Waals surface area contributed by atoms with Crippen molar-refractivity contribution in [2.45, 2.75) is 18.9 Å². The molecule has 1 heterocycles. The standard InChI is InChI=1S/C18H19ClN2O3/c19-14-2-4-15(5-3-14)20-18(23)21-16(11-22)10-12-1-6-17-13(9-12)7-8-24-17/h1-6,9,16,22H,7-8,10-11H2,(H2,20,21,23). The number of anilines is 1. The Morgan fingerprint density at radius 3 is 2.79 bits per heavy atom. The van der Waals surface area contributed by atoms with Crippen molar-refractivity contribution < 1.29 is 14.6 Å². The molecular weight excluding hydrogens is 328 g/mol. The summed E-state index contributed by atoms with van der Waals surface area (Å²) < 4.78 is 5.49. The van der Waals surface area contributed by atoms with Crippen LogP contribution >= 0.6 is 11.6 Å². The number of rotatable bonds is 5. The van der Waals surface area contributed by atoms with Crippen LogP contribution in [-0.4, -0.2) is 30.4 Å². The van der Waals surface area contributed by atoms with Crippen molar-refractivity contribution in [2.24, 2.45) is 0 Å². The minimum atomic E-state index is -0.363. The van der Waals surface area contributed by atoms with Crippen molar-refractivity contribution in [1.82, 2.24) is 5.32 Å². The van der Waals surface area contributed by atoms with Crippen molar-refractivity contribution >= 4 is 23.3 Å². The predicted octanol–water partition coefficient (Wildman–Crippen LogP) is 3.00. The monoisotopic (exact) mass is 346 g/mol. The van der Waals surface area contributed by atoms with E-state index in [9.17, 15) is 9.90 Å². The Kier molecular flexibility index (Phi) is 5.23. The van der Waals surface area contributed by atoms with Gasteiger partial charge < -0.3 is 20.5 Å². The molecule has 6 heteroatoms. The van der Waals surface area contributed by atoms with Gasteiger partial charge in [0, 0.05) is 17.1 Å². The van der Waals surface area contributed by atoms with Crippen molar-refractivity contribution in [3.63, 3.8) is 0 Å². The van der Waals surface area contributed by atoms with E-state index in [2.05, 4.69) is 16.7 Å². The molecule has 0 bridgehead atoms. The molecule has 1 aliphatic rings. The molecule has 0 saturated heterocycles. The van der Waals surface area contributed by atoms with E-state index < -0.39 is 0 Å². The first-order valence-electron chi connectivity index (χ1n) is 7.82. The van der Waals surface area contributed by atoms with Crippen LogP contribution in [0.2, 0.25) is 5.02 Å². The van der Waals surface area contributed by atoms with Gasteiger partial charge in [-0.1, -0.05) is 23.7 Å². The van der Waals surface area contributed by atoms with E-state index >= 15 is 0 Å². The van der Waals surface area contributed by atoms with Gasteiger partial charge in [0.2, 0.25) is 0 Å². The second-order valence-corrected chi connectivity index (χ2v) is 6.17. The van der Waals surface area contributed by atoms with Crippen LogP contribution in [0, 0.1) is 0 Å². The number of aliphatic hydroxyl groups excluding tert-OH is 1. The van der Waals surface area contributed by atoms with Crippen LogP contribution in [0.25, 0.3) is 0 Å². The molecule has 0 spiro atoms. The van der Waals surface area contributed by atoms with Gasteiger partial charge in [-0.15, -0.1) is 0 Å². The van der Waals surface area contributed by atoms with Crippen molar-refractivity contribution in [2.75, 3.05) is 18.5 Å². The number of hydrogen-bond donors (Lipinski definition) is 3. The number of nitrogens with one attached hydrogen (secondary N) is 2. The predicted molar refractivity (Wildman–Crippen MR) is 93.8 cm³/mol. The first-order valence-corrected chi connectivity index (χ1v) is 8.20. The number of hydrogen-bond acceptors (Lipinski definition) is 3. The van der Waals surface area contributed by atoms with Crippen molar-refractivity contribution in [1.29, 1.82) is 0 Å². The summed E-state index contributed by atoms with van der Waals surface area (Å²) in [5.74, 6) is 0.924. The smallest absolute Gasteiger partial charge is 0.319 e. The van der Waals surface area contributed by atoms with E-state index in [1.807, 2.05) is 12.1 Å². The second-order valence-electron chi connectivity index (χ2n) is 5.73. The van der Waals surface area contributed by atoms with Gasteiger partial charge in [-0.3, -0.25) is 0 Å². The fourth-order valence-electron chi connectivity index (χ4n) is 2.70. The van der Waals surface area contributed by atoms with Gasteiger partial charge in [-0.2, -0.15) is 0 Å². The normalized spacial score (nSPS) is 13.8. The lowest BCUT2D eigenvalue weighted by Crippen LogP contribution is -2.41. The summed E-state index contributed by atoms with van der Waals surface area (Å²) in [4.78, 5) is 12.1. The fraction of sp³-hybridized carbons (Fsp3) is 0.278. The lowest BCUT2D eigenvalue weighted by Gasteiger charge is -2.17. The van der Waals surface area contributed by atoms with Crippen LogP contribution in [0.1, 0.15) is 11.1 Å². The molecule has 0 radical (unpaired) electrons. The minimum absolute atomic E-state index is 0.137. The van der Waals surface area contributed by atoms with Crippen molar-refractivity contribution in [3.05, 3.63) is 58.6 Å². The molecule has 0 saturated carbocycles. The lowest BCUT2D eigenvalue weighted by atomic mass is 10.0. The Morgan fingerprint density at radius 2 is 2.04 bits per heavy atom. The van der Waals surface area contributed by atoms with Gasteiger partial charge in [0.05, 0.1) is 19.3 Å². The third-order valence-corrected chi connectivity index (χ3v) is 4.15. The Labute approximate surface area is 145 Å². The van der Waals surface area contributed by atoms with Crippen molar-refractivity contribution in [3.8, 4) is 5.75 Å². The summed E-state index contributed by atoms with van der Waals surface area (Å²) in [6.07, 6.45) is 1.45. The zero-order valence-corrected chi connectivity index (χ0v) is 13.8. The van der Waals surface area contributed by atoms with Gasteiger partial charge in [-0.05, 0) is 47.9 Å². The average molecular weight is 347 g/mol. The summed E-state index contributed by atoms with van der Waals surface area (Å²) in [5.41, 5.74) is 2.88. The van der Waals surface area contributed by atoms with Gasteiger partial charge >= 0.3 is 6.03 Å². The van der Waals surface area contributed by atoms with Gasteiger partial charge in [0.25, 0.3) is 0 Å². The number of fused-ring (bicyclic) bond motifs is 1. The van der Waals surface area contributed by atoms with E-state index in [0.717, 1.165) is 17.7 Å². The maximum atomic E-state index is 12.1. The quantitative estimate of drug-likeness (QED) is 0.779. The molecule has 0 fully saturated rings. The highest BCUT2D eigenvalue weighted by Crippen LogP contribution is 2.26. The van der Waals surface area contributed by atoms with Crippen LogP contribution in [0.4, 0.5) is 10.5 Å². The molecule has 1 aliphatic heterocycles. The molecular formula is C18H19ClN2O3. The first-order chi connectivity index (χ1) is 11.6. The number of benzene rings is 2. The Hall–Kier alpha value is -2.24. The molecule has 2 amide bonds. The number of halogens is 1. The third kappa shape index (κ3) is 4.19. The maximum Gasteiger partial charge on any atom is 0.319 e. The summed E-state index contributed by atoms with van der Waals surface area (Å²) in [6.45, 7) is 0.575. The lowest BCUT2D eigenvalue weighted by molar-refractivity contribution is 0.224. The second kappa shape index (κ2) is 7.55. The Bertz CT molecular complexity index is 719. The van der Waals surface area contributed by atoms with Crippen LogP contribution in [0.15, 0.2) is 42.5 Å². The molecule has 126 valence electrons. The van der Waals surface area contributed by atoms with E-state index in [-0.39, 0.29) is 18.7 Å². The largest absolute Gasteiger partial charge is 0.493 e. The number of amides is 2. The summed E-state index contributed by atoms with van der Waals surface area (Å²) >= 11 is 5.82. The molecule has 24 heavy (non-hydrogen) atoms. The van der Waals surface area contributed by atoms with E-state index in [0.29, 0.717) is 23.7 Å².